The van der Waals surface area contributed by atoms with Crippen LogP contribution in [0.1, 0.15) is 20.8 Å². The lowest BCUT2D eigenvalue weighted by Gasteiger charge is -2.11. The average Bonchev–Trinajstić information content (AvgIpc) is 3.39. The number of carbonyl (C=O) groups is 1. The van der Waals surface area contributed by atoms with Gasteiger partial charge in [-0.05, 0) is 28.5 Å². The highest BCUT2D eigenvalue weighted by Crippen LogP contribution is 2.34. The number of nitrogens with zero attached hydrogens (tertiary/aromatic N) is 2. The van der Waals surface area contributed by atoms with E-state index in [9.17, 15) is 9.18 Å². The first-order valence-electron chi connectivity index (χ1n) is 10.1. The summed E-state index contributed by atoms with van der Waals surface area (Å²) in [5.41, 5.74) is 1.66. The SMILES string of the molecule is COCc1c(C(=O)Nc2ccnn2Cc2cccc3ccccc23)sc2cccc(F)c12. The molecule has 32 heavy (non-hydrogen) atoms. The fourth-order valence-electron chi connectivity index (χ4n) is 3.96. The highest BCUT2D eigenvalue weighted by atomic mass is 32.1. The van der Waals surface area contributed by atoms with Crippen LogP contribution in [0.5, 0.6) is 0 Å². The molecule has 0 spiro atoms. The highest BCUT2D eigenvalue weighted by Gasteiger charge is 2.21. The number of anilines is 1. The number of thiophene rings is 1. The zero-order chi connectivity index (χ0) is 22.1. The van der Waals surface area contributed by atoms with Crippen molar-refractivity contribution in [1.29, 1.82) is 0 Å². The third kappa shape index (κ3) is 3.66. The van der Waals surface area contributed by atoms with Crippen molar-refractivity contribution in [3.63, 3.8) is 0 Å². The van der Waals surface area contributed by atoms with Gasteiger partial charge in [0.25, 0.3) is 5.91 Å². The minimum absolute atomic E-state index is 0.152. The summed E-state index contributed by atoms with van der Waals surface area (Å²) in [5, 5.41) is 10.1. The predicted octanol–water partition coefficient (Wildman–Crippen LogP) is 5.84. The first kappa shape index (κ1) is 20.4. The van der Waals surface area contributed by atoms with Crippen LogP contribution in [0.15, 0.2) is 72.9 Å². The number of aromatic nitrogens is 2. The molecule has 0 bridgehead atoms. The van der Waals surface area contributed by atoms with Gasteiger partial charge in [-0.3, -0.25) is 4.79 Å². The van der Waals surface area contributed by atoms with E-state index in [2.05, 4.69) is 34.7 Å². The lowest BCUT2D eigenvalue weighted by Crippen LogP contribution is -2.16. The van der Waals surface area contributed by atoms with E-state index >= 15 is 0 Å². The Balaban J connectivity index is 1.46. The maximum atomic E-state index is 14.5. The number of carbonyl (C=O) groups excluding carboxylic acids is 1. The zero-order valence-electron chi connectivity index (χ0n) is 17.3. The molecule has 0 radical (unpaired) electrons. The van der Waals surface area contributed by atoms with Gasteiger partial charge < -0.3 is 10.1 Å². The van der Waals surface area contributed by atoms with Crippen LogP contribution in [-0.4, -0.2) is 22.8 Å². The molecule has 0 aliphatic heterocycles. The van der Waals surface area contributed by atoms with Gasteiger partial charge in [-0.2, -0.15) is 5.10 Å². The predicted molar refractivity (Wildman–Crippen MR) is 126 cm³/mol. The van der Waals surface area contributed by atoms with Gasteiger partial charge >= 0.3 is 0 Å². The molecule has 5 rings (SSSR count). The van der Waals surface area contributed by atoms with Crippen LogP contribution in [-0.2, 0) is 17.9 Å². The Bertz CT molecular complexity index is 1430. The Morgan fingerprint density at radius 2 is 1.91 bits per heavy atom. The Morgan fingerprint density at radius 3 is 2.78 bits per heavy atom. The summed E-state index contributed by atoms with van der Waals surface area (Å²) in [5.74, 6) is -0.0904. The minimum Gasteiger partial charge on any atom is -0.380 e. The Hall–Kier alpha value is -3.55. The monoisotopic (exact) mass is 445 g/mol. The van der Waals surface area contributed by atoms with Crippen molar-refractivity contribution < 1.29 is 13.9 Å². The van der Waals surface area contributed by atoms with Crippen molar-refractivity contribution in [3.05, 3.63) is 94.7 Å². The van der Waals surface area contributed by atoms with Crippen molar-refractivity contribution in [1.82, 2.24) is 9.78 Å². The highest BCUT2D eigenvalue weighted by molar-refractivity contribution is 7.21. The standard InChI is InChI=1S/C25H20FN3O2S/c1-31-15-19-23-20(26)10-5-11-21(23)32-24(19)25(30)28-22-12-13-27-29(22)14-17-8-4-7-16-6-2-3-9-18(16)17/h2-13H,14-15H2,1H3,(H,28,30). The average molecular weight is 446 g/mol. The molecule has 0 unspecified atom stereocenters. The van der Waals surface area contributed by atoms with Gasteiger partial charge in [0, 0.05) is 28.8 Å². The van der Waals surface area contributed by atoms with Crippen molar-refractivity contribution in [2.24, 2.45) is 0 Å². The number of rotatable bonds is 6. The Labute approximate surface area is 188 Å². The van der Waals surface area contributed by atoms with E-state index in [1.807, 2.05) is 24.3 Å². The smallest absolute Gasteiger partial charge is 0.267 e. The maximum absolute atomic E-state index is 14.5. The van der Waals surface area contributed by atoms with Crippen molar-refractivity contribution >= 4 is 43.9 Å². The molecule has 160 valence electrons. The van der Waals surface area contributed by atoms with Crippen LogP contribution in [0.2, 0.25) is 0 Å². The number of nitrogens with one attached hydrogen (secondary N) is 1. The van der Waals surface area contributed by atoms with Crippen molar-refractivity contribution in [2.45, 2.75) is 13.2 Å². The minimum atomic E-state index is -0.356. The van der Waals surface area contributed by atoms with E-state index in [-0.39, 0.29) is 18.3 Å². The van der Waals surface area contributed by atoms with Crippen LogP contribution in [0.3, 0.4) is 0 Å². The van der Waals surface area contributed by atoms with Gasteiger partial charge in [0.15, 0.2) is 0 Å². The van der Waals surface area contributed by atoms with Gasteiger partial charge in [0.05, 0.1) is 24.2 Å². The van der Waals surface area contributed by atoms with E-state index in [0.29, 0.717) is 32.9 Å². The van der Waals surface area contributed by atoms with Crippen LogP contribution in [0, 0.1) is 5.82 Å². The molecule has 1 N–H and O–H groups in total. The maximum Gasteiger partial charge on any atom is 0.267 e. The van der Waals surface area contributed by atoms with Crippen LogP contribution in [0.25, 0.3) is 20.9 Å². The van der Waals surface area contributed by atoms with E-state index in [0.717, 1.165) is 16.3 Å². The largest absolute Gasteiger partial charge is 0.380 e. The number of halogens is 1. The fourth-order valence-corrected chi connectivity index (χ4v) is 5.08. The number of benzene rings is 3. The first-order chi connectivity index (χ1) is 15.7. The van der Waals surface area contributed by atoms with Gasteiger partial charge in [0.1, 0.15) is 11.6 Å². The third-order valence-corrected chi connectivity index (χ3v) is 6.61. The second-order valence-electron chi connectivity index (χ2n) is 7.42. The van der Waals surface area contributed by atoms with E-state index in [1.165, 1.54) is 24.5 Å². The second kappa shape index (κ2) is 8.53. The number of methoxy groups -OCH3 is 1. The molecule has 0 fully saturated rings. The van der Waals surface area contributed by atoms with Crippen LogP contribution in [0.4, 0.5) is 10.2 Å². The van der Waals surface area contributed by atoms with E-state index in [4.69, 9.17) is 4.74 Å². The van der Waals surface area contributed by atoms with Crippen LogP contribution >= 0.6 is 11.3 Å². The summed E-state index contributed by atoms with van der Waals surface area (Å²) >= 11 is 1.26. The topological polar surface area (TPSA) is 56.1 Å². The molecule has 0 atom stereocenters. The normalized spacial score (nSPS) is 11.3. The third-order valence-electron chi connectivity index (χ3n) is 5.42. The fraction of sp³-hybridized carbons (Fsp3) is 0.120. The molecule has 2 aromatic heterocycles. The van der Waals surface area contributed by atoms with E-state index in [1.54, 1.807) is 23.0 Å². The molecule has 0 aliphatic carbocycles. The molecular formula is C25H20FN3O2S. The summed E-state index contributed by atoms with van der Waals surface area (Å²) in [6.45, 7) is 0.662. The van der Waals surface area contributed by atoms with E-state index < -0.39 is 0 Å². The molecule has 3 aromatic carbocycles. The molecule has 0 saturated carbocycles. The second-order valence-corrected chi connectivity index (χ2v) is 8.47. The van der Waals surface area contributed by atoms with Gasteiger partial charge in [-0.15, -0.1) is 11.3 Å². The summed E-state index contributed by atoms with van der Waals surface area (Å²) in [4.78, 5) is 13.6. The van der Waals surface area contributed by atoms with Crippen molar-refractivity contribution in [3.8, 4) is 0 Å². The molecule has 7 heteroatoms. The molecule has 2 heterocycles. The zero-order valence-corrected chi connectivity index (χ0v) is 18.2. The lowest BCUT2D eigenvalue weighted by atomic mass is 10.0. The Morgan fingerprint density at radius 1 is 1.09 bits per heavy atom. The Kier molecular flexibility index (Phi) is 5.43. The number of fused-ring (bicyclic) bond motifs is 2. The number of hydrogen-bond acceptors (Lipinski definition) is 4. The lowest BCUT2D eigenvalue weighted by molar-refractivity contribution is 0.102. The van der Waals surface area contributed by atoms with Crippen LogP contribution < -0.4 is 5.32 Å². The molecule has 5 nitrogen and oxygen atoms in total. The summed E-state index contributed by atoms with van der Waals surface area (Å²) in [7, 11) is 1.53. The number of ether oxygens (including phenoxy) is 1. The molecule has 0 saturated heterocycles. The summed E-state index contributed by atoms with van der Waals surface area (Å²) < 4.78 is 22.2. The van der Waals surface area contributed by atoms with Crippen molar-refractivity contribution in [2.75, 3.05) is 12.4 Å². The molecule has 0 aliphatic rings. The molecule has 5 aromatic rings. The number of hydrogen-bond donors (Lipinski definition) is 1. The van der Waals surface area contributed by atoms with Gasteiger partial charge in [-0.1, -0.05) is 48.5 Å². The number of amides is 1. The van der Waals surface area contributed by atoms with Gasteiger partial charge in [0.2, 0.25) is 0 Å². The molecule has 1 amide bonds. The first-order valence-corrected chi connectivity index (χ1v) is 11.0. The summed E-state index contributed by atoms with van der Waals surface area (Å²) in [6, 6.07) is 20.9. The quantitative estimate of drug-likeness (QED) is 0.357. The van der Waals surface area contributed by atoms with Gasteiger partial charge in [-0.25, -0.2) is 9.07 Å². The summed E-state index contributed by atoms with van der Waals surface area (Å²) in [6.07, 6.45) is 1.65. The molecular weight excluding hydrogens is 425 g/mol.